The van der Waals surface area contributed by atoms with Crippen molar-refractivity contribution in [3.8, 4) is 0 Å². The zero-order chi connectivity index (χ0) is 15.9. The number of hydrogen-bond acceptors (Lipinski definition) is 1. The van der Waals surface area contributed by atoms with Crippen LogP contribution in [0, 0.1) is 18.8 Å². The standard InChI is InChI=1S/C21H35N/c1-5-7-12-18(13-8-6-2)20-15-22(4)16-21(20)19-14-10-9-11-17(19)3/h9-11,14,18,20-21H,5-8,12-13,15-16H2,1-4H3/t20-,21-/m1/s1. The van der Waals surface area contributed by atoms with Crippen molar-refractivity contribution in [2.75, 3.05) is 20.1 Å². The molecule has 1 aromatic carbocycles. The van der Waals surface area contributed by atoms with E-state index in [1.165, 1.54) is 57.2 Å². The molecule has 0 radical (unpaired) electrons. The van der Waals surface area contributed by atoms with Gasteiger partial charge in [0, 0.05) is 19.0 Å². The van der Waals surface area contributed by atoms with Crippen molar-refractivity contribution in [1.82, 2.24) is 4.90 Å². The van der Waals surface area contributed by atoms with Crippen LogP contribution in [0.4, 0.5) is 0 Å². The Morgan fingerprint density at radius 3 is 2.27 bits per heavy atom. The van der Waals surface area contributed by atoms with Crippen molar-refractivity contribution in [2.45, 2.75) is 65.2 Å². The zero-order valence-electron chi connectivity index (χ0n) is 15.1. The number of benzene rings is 1. The van der Waals surface area contributed by atoms with E-state index >= 15 is 0 Å². The quantitative estimate of drug-likeness (QED) is 0.601. The maximum absolute atomic E-state index is 2.56. The summed E-state index contributed by atoms with van der Waals surface area (Å²) in [6, 6.07) is 9.07. The molecule has 0 spiro atoms. The third kappa shape index (κ3) is 4.35. The third-order valence-electron chi connectivity index (χ3n) is 5.60. The minimum Gasteiger partial charge on any atom is -0.305 e. The molecule has 1 aromatic rings. The van der Waals surface area contributed by atoms with Gasteiger partial charge in [-0.05, 0) is 36.9 Å². The van der Waals surface area contributed by atoms with Crippen LogP contribution in [0.1, 0.15) is 69.4 Å². The first-order valence-electron chi connectivity index (χ1n) is 9.41. The second kappa shape index (κ2) is 8.72. The fourth-order valence-electron chi connectivity index (χ4n) is 4.35. The molecule has 1 saturated heterocycles. The van der Waals surface area contributed by atoms with Crippen LogP contribution in [0.15, 0.2) is 24.3 Å². The lowest BCUT2D eigenvalue weighted by Crippen LogP contribution is -2.23. The van der Waals surface area contributed by atoms with Crippen LogP contribution in [0.3, 0.4) is 0 Å². The summed E-state index contributed by atoms with van der Waals surface area (Å²) >= 11 is 0. The predicted molar refractivity (Wildman–Crippen MR) is 97.4 cm³/mol. The molecule has 0 unspecified atom stereocenters. The van der Waals surface area contributed by atoms with Crippen molar-refractivity contribution in [3.63, 3.8) is 0 Å². The van der Waals surface area contributed by atoms with E-state index in [-0.39, 0.29) is 0 Å². The van der Waals surface area contributed by atoms with Crippen LogP contribution in [-0.2, 0) is 0 Å². The smallest absolute Gasteiger partial charge is 0.00507 e. The summed E-state index contributed by atoms with van der Waals surface area (Å²) in [6.07, 6.45) is 8.32. The van der Waals surface area contributed by atoms with Gasteiger partial charge in [0.05, 0.1) is 0 Å². The van der Waals surface area contributed by atoms with Gasteiger partial charge >= 0.3 is 0 Å². The van der Waals surface area contributed by atoms with E-state index in [4.69, 9.17) is 0 Å². The zero-order valence-corrected chi connectivity index (χ0v) is 15.1. The second-order valence-electron chi connectivity index (χ2n) is 7.39. The molecule has 0 amide bonds. The van der Waals surface area contributed by atoms with E-state index < -0.39 is 0 Å². The molecule has 1 aliphatic heterocycles. The molecular weight excluding hydrogens is 266 g/mol. The fourth-order valence-corrected chi connectivity index (χ4v) is 4.35. The molecule has 1 nitrogen and oxygen atoms in total. The van der Waals surface area contributed by atoms with Gasteiger partial charge in [0.25, 0.3) is 0 Å². The molecule has 0 N–H and O–H groups in total. The summed E-state index contributed by atoms with van der Waals surface area (Å²) in [5.74, 6) is 2.50. The van der Waals surface area contributed by atoms with Crippen molar-refractivity contribution in [1.29, 1.82) is 0 Å². The van der Waals surface area contributed by atoms with Crippen molar-refractivity contribution >= 4 is 0 Å². The van der Waals surface area contributed by atoms with Crippen LogP contribution in [0.5, 0.6) is 0 Å². The van der Waals surface area contributed by atoms with Crippen molar-refractivity contribution < 1.29 is 0 Å². The molecule has 1 heterocycles. The number of hydrogen-bond donors (Lipinski definition) is 0. The number of rotatable bonds is 8. The van der Waals surface area contributed by atoms with Crippen molar-refractivity contribution in [3.05, 3.63) is 35.4 Å². The molecule has 2 atom stereocenters. The molecule has 1 fully saturated rings. The largest absolute Gasteiger partial charge is 0.305 e. The topological polar surface area (TPSA) is 3.24 Å². The molecular formula is C21H35N. The van der Waals surface area contributed by atoms with Gasteiger partial charge in [-0.3, -0.25) is 0 Å². The lowest BCUT2D eigenvalue weighted by atomic mass is 9.75. The highest BCUT2D eigenvalue weighted by atomic mass is 15.1. The Morgan fingerprint density at radius 1 is 1.05 bits per heavy atom. The van der Waals surface area contributed by atoms with Gasteiger partial charge in [-0.2, -0.15) is 0 Å². The first-order valence-corrected chi connectivity index (χ1v) is 9.41. The normalized spacial score (nSPS) is 22.6. The number of aryl methyl sites for hydroxylation is 1. The first kappa shape index (κ1) is 17.5. The minimum absolute atomic E-state index is 0.741. The minimum atomic E-state index is 0.741. The van der Waals surface area contributed by atoms with E-state index in [9.17, 15) is 0 Å². The molecule has 1 aliphatic rings. The Kier molecular flexibility index (Phi) is 6.95. The summed E-state index contributed by atoms with van der Waals surface area (Å²) in [7, 11) is 2.31. The summed E-state index contributed by atoms with van der Waals surface area (Å²) < 4.78 is 0. The van der Waals surface area contributed by atoms with Crippen LogP contribution in [-0.4, -0.2) is 25.0 Å². The van der Waals surface area contributed by atoms with E-state index in [0.717, 1.165) is 17.8 Å². The highest BCUT2D eigenvalue weighted by molar-refractivity contribution is 5.31. The van der Waals surface area contributed by atoms with Gasteiger partial charge in [0.1, 0.15) is 0 Å². The maximum Gasteiger partial charge on any atom is 0.00507 e. The molecule has 0 saturated carbocycles. The van der Waals surface area contributed by atoms with Crippen LogP contribution in [0.25, 0.3) is 0 Å². The maximum atomic E-state index is 2.56. The van der Waals surface area contributed by atoms with Crippen molar-refractivity contribution in [2.24, 2.45) is 11.8 Å². The summed E-state index contributed by atoms with van der Waals surface area (Å²) in [5.41, 5.74) is 3.09. The molecule has 124 valence electrons. The lowest BCUT2D eigenvalue weighted by Gasteiger charge is -2.29. The highest BCUT2D eigenvalue weighted by Crippen LogP contribution is 2.41. The van der Waals surface area contributed by atoms with Gasteiger partial charge in [0.2, 0.25) is 0 Å². The number of nitrogens with zero attached hydrogens (tertiary/aromatic N) is 1. The molecule has 0 aliphatic carbocycles. The van der Waals surface area contributed by atoms with Gasteiger partial charge in [-0.25, -0.2) is 0 Å². The second-order valence-corrected chi connectivity index (χ2v) is 7.39. The Balaban J connectivity index is 2.18. The molecule has 0 bridgehead atoms. The molecule has 1 heteroatoms. The van der Waals surface area contributed by atoms with Crippen LogP contribution in [0.2, 0.25) is 0 Å². The Morgan fingerprint density at radius 2 is 1.68 bits per heavy atom. The Labute approximate surface area is 138 Å². The monoisotopic (exact) mass is 301 g/mol. The molecule has 22 heavy (non-hydrogen) atoms. The first-order chi connectivity index (χ1) is 10.7. The predicted octanol–water partition coefficient (Wildman–Crippen LogP) is 5.64. The van der Waals surface area contributed by atoms with Crippen LogP contribution >= 0.6 is 0 Å². The molecule has 2 rings (SSSR count). The van der Waals surface area contributed by atoms with Gasteiger partial charge in [0.15, 0.2) is 0 Å². The van der Waals surface area contributed by atoms with Gasteiger partial charge in [-0.15, -0.1) is 0 Å². The summed E-state index contributed by atoms with van der Waals surface area (Å²) in [5, 5.41) is 0. The van der Waals surface area contributed by atoms with E-state index in [0.29, 0.717) is 0 Å². The average Bonchev–Trinajstić information content (AvgIpc) is 2.89. The summed E-state index contributed by atoms with van der Waals surface area (Å²) in [6.45, 7) is 9.48. The number of likely N-dealkylation sites (tertiary alicyclic amines) is 1. The number of unbranched alkanes of at least 4 members (excludes halogenated alkanes) is 2. The third-order valence-corrected chi connectivity index (χ3v) is 5.60. The number of likely N-dealkylation sites (N-methyl/N-ethyl adjacent to an activating group) is 1. The van der Waals surface area contributed by atoms with Crippen LogP contribution < -0.4 is 0 Å². The van der Waals surface area contributed by atoms with E-state index in [1.807, 2.05) is 0 Å². The Hall–Kier alpha value is -0.820. The molecule has 0 aromatic heterocycles. The Bertz CT molecular complexity index is 431. The van der Waals surface area contributed by atoms with E-state index in [2.05, 4.69) is 57.0 Å². The highest BCUT2D eigenvalue weighted by Gasteiger charge is 2.37. The van der Waals surface area contributed by atoms with Gasteiger partial charge in [-0.1, -0.05) is 76.6 Å². The lowest BCUT2D eigenvalue weighted by molar-refractivity contribution is 0.264. The summed E-state index contributed by atoms with van der Waals surface area (Å²) in [4.78, 5) is 2.56. The average molecular weight is 302 g/mol. The SMILES string of the molecule is CCCCC(CCCC)[C@H]1CN(C)C[C@@H]1c1ccccc1C. The van der Waals surface area contributed by atoms with E-state index in [1.54, 1.807) is 5.56 Å². The fraction of sp³-hybridized carbons (Fsp3) is 0.714. The van der Waals surface area contributed by atoms with Gasteiger partial charge < -0.3 is 4.90 Å².